The van der Waals surface area contributed by atoms with E-state index in [0.717, 1.165) is 25.7 Å². The number of thiophene rings is 1. The Balaban J connectivity index is 1.07. The number of anilines is 1. The molecule has 0 spiro atoms. The maximum Gasteiger partial charge on any atom is 0.102 e. The van der Waals surface area contributed by atoms with Crippen LogP contribution < -0.4 is 5.32 Å². The Morgan fingerprint density at radius 3 is 2.38 bits per heavy atom. The molecule has 3 aliphatic rings. The number of para-hydroxylation sites is 2. The van der Waals surface area contributed by atoms with E-state index < -0.39 is 0 Å². The summed E-state index contributed by atoms with van der Waals surface area (Å²) in [5.74, 6) is 0.411. The Morgan fingerprint density at radius 1 is 0.800 bits per heavy atom. The number of likely N-dealkylation sites (N-methyl/N-ethyl adjacent to an activating group) is 1. The molecule has 1 aliphatic heterocycles. The highest BCUT2D eigenvalue weighted by atomic mass is 32.1. The van der Waals surface area contributed by atoms with Crippen molar-refractivity contribution in [3.8, 4) is 0 Å². The first-order chi connectivity index (χ1) is 24.4. The summed E-state index contributed by atoms with van der Waals surface area (Å²) in [6, 6.07) is 32.3. The van der Waals surface area contributed by atoms with Crippen LogP contribution in [-0.4, -0.2) is 22.7 Å². The molecule has 50 heavy (non-hydrogen) atoms. The van der Waals surface area contributed by atoms with Crippen LogP contribution in [0.5, 0.6) is 0 Å². The Kier molecular flexibility index (Phi) is 7.71. The number of rotatable bonds is 5. The fourth-order valence-corrected chi connectivity index (χ4v) is 10.5. The first kappa shape index (κ1) is 31.3. The summed E-state index contributed by atoms with van der Waals surface area (Å²) in [7, 11) is 2.28. The number of hydrogen-bond donors (Lipinski definition) is 1. The summed E-state index contributed by atoms with van der Waals surface area (Å²) in [6.07, 6.45) is 14.0. The predicted octanol–water partition coefficient (Wildman–Crippen LogP) is 11.7. The van der Waals surface area contributed by atoms with Crippen molar-refractivity contribution in [3.05, 3.63) is 157 Å². The monoisotopic (exact) mass is 671 g/mol. The molecule has 3 unspecified atom stereocenters. The second kappa shape index (κ2) is 12.3. The zero-order chi connectivity index (χ0) is 34.1. The van der Waals surface area contributed by atoms with Crippen molar-refractivity contribution in [2.75, 3.05) is 12.4 Å². The number of hydrogen-bond acceptors (Lipinski definition) is 3. The van der Waals surface area contributed by atoms with Crippen LogP contribution in [0.1, 0.15) is 80.4 Å². The number of aryl methyl sites for hydroxylation is 3. The lowest BCUT2D eigenvalue weighted by molar-refractivity contribution is 0.228. The summed E-state index contributed by atoms with van der Waals surface area (Å²) in [5, 5.41) is 6.61. The Morgan fingerprint density at radius 2 is 1.58 bits per heavy atom. The SMILES string of the molecule is CCc1c(C)sc2c1C=CC(c1ccc3c(c1)c1ccccc1n3C1=CC=C(C3Nc4ccccc4C(c4cc(C)cc(C)c4)N3C)CC1)C2. The molecule has 1 N–H and O–H groups in total. The van der Waals surface area contributed by atoms with Crippen molar-refractivity contribution in [3.63, 3.8) is 0 Å². The van der Waals surface area contributed by atoms with Crippen LogP contribution in [0.2, 0.25) is 0 Å². The molecule has 0 saturated heterocycles. The first-order valence-corrected chi connectivity index (χ1v) is 19.1. The number of fused-ring (bicyclic) bond motifs is 5. The van der Waals surface area contributed by atoms with Crippen LogP contribution in [0.15, 0.2) is 109 Å². The molecule has 2 aliphatic carbocycles. The molecule has 0 amide bonds. The fraction of sp³-hybridized carbons (Fsp3) is 0.261. The minimum absolute atomic E-state index is 0.124. The van der Waals surface area contributed by atoms with Gasteiger partial charge in [-0.25, -0.2) is 0 Å². The second-order valence-corrected chi connectivity index (χ2v) is 16.0. The van der Waals surface area contributed by atoms with E-state index in [4.69, 9.17) is 0 Å². The van der Waals surface area contributed by atoms with Crippen LogP contribution in [0.25, 0.3) is 33.6 Å². The molecule has 0 fully saturated rings. The number of nitrogens with zero attached hydrogens (tertiary/aromatic N) is 2. The van der Waals surface area contributed by atoms with Crippen molar-refractivity contribution in [1.82, 2.24) is 9.47 Å². The van der Waals surface area contributed by atoms with Crippen molar-refractivity contribution in [1.29, 1.82) is 0 Å². The summed E-state index contributed by atoms with van der Waals surface area (Å²) >= 11 is 2.00. The molecule has 3 heterocycles. The zero-order valence-corrected chi connectivity index (χ0v) is 30.6. The highest BCUT2D eigenvalue weighted by Gasteiger charge is 2.35. The molecule has 2 aromatic heterocycles. The van der Waals surface area contributed by atoms with Gasteiger partial charge in [-0.3, -0.25) is 4.90 Å². The molecular formula is C46H45N3S. The topological polar surface area (TPSA) is 20.2 Å². The second-order valence-electron chi connectivity index (χ2n) is 14.6. The van der Waals surface area contributed by atoms with E-state index in [1.807, 2.05) is 11.3 Å². The standard InChI is InChI=1S/C46H45N3S/c1-6-36-30(4)50-44-27-33(17-21-38(36)44)32-18-22-43-40(26-32)37-11-8-10-14-42(37)49(43)35-19-15-31(16-20-35)46-47-41-13-9-7-12-39(41)45(48(46)5)34-24-28(2)23-29(3)25-34/h7-15,17-19,21-26,33,45-47H,6,16,20,27H2,1-5H3. The average Bonchev–Trinajstić information content (AvgIpc) is 3.63. The normalized spacial score (nSPS) is 20.4. The van der Waals surface area contributed by atoms with E-state index >= 15 is 0 Å². The van der Waals surface area contributed by atoms with Gasteiger partial charge in [0.15, 0.2) is 0 Å². The molecule has 9 rings (SSSR count). The minimum atomic E-state index is 0.124. The molecule has 3 atom stereocenters. The third-order valence-corrected chi connectivity index (χ3v) is 12.6. The van der Waals surface area contributed by atoms with Gasteiger partial charge in [0.05, 0.1) is 17.1 Å². The van der Waals surface area contributed by atoms with Crippen LogP contribution in [0.4, 0.5) is 5.69 Å². The van der Waals surface area contributed by atoms with E-state index in [2.05, 4.69) is 159 Å². The Hall–Kier alpha value is -4.64. The van der Waals surface area contributed by atoms with Gasteiger partial charge in [-0.05, 0) is 117 Å². The van der Waals surface area contributed by atoms with Crippen molar-refractivity contribution in [2.24, 2.45) is 0 Å². The van der Waals surface area contributed by atoms with Gasteiger partial charge in [-0.2, -0.15) is 0 Å². The number of aromatic nitrogens is 1. The van der Waals surface area contributed by atoms with Crippen molar-refractivity contribution >= 4 is 50.6 Å². The van der Waals surface area contributed by atoms with Crippen molar-refractivity contribution < 1.29 is 0 Å². The maximum atomic E-state index is 3.92. The lowest BCUT2D eigenvalue weighted by Crippen LogP contribution is -2.46. The molecular weight excluding hydrogens is 627 g/mol. The fourth-order valence-electron chi connectivity index (χ4n) is 9.16. The number of benzene rings is 4. The van der Waals surface area contributed by atoms with Gasteiger partial charge in [0.2, 0.25) is 0 Å². The van der Waals surface area contributed by atoms with Gasteiger partial charge < -0.3 is 9.88 Å². The largest absolute Gasteiger partial charge is 0.366 e. The molecule has 4 aromatic carbocycles. The summed E-state index contributed by atoms with van der Waals surface area (Å²) < 4.78 is 2.53. The van der Waals surface area contributed by atoms with Gasteiger partial charge in [-0.15, -0.1) is 11.3 Å². The average molecular weight is 672 g/mol. The Bertz CT molecular complexity index is 2380. The van der Waals surface area contributed by atoms with Gasteiger partial charge in [-0.1, -0.05) is 96.9 Å². The van der Waals surface area contributed by atoms with E-state index in [1.165, 1.54) is 82.6 Å². The van der Waals surface area contributed by atoms with Gasteiger partial charge in [0, 0.05) is 37.8 Å². The maximum absolute atomic E-state index is 3.92. The van der Waals surface area contributed by atoms with E-state index in [9.17, 15) is 0 Å². The third-order valence-electron chi connectivity index (χ3n) is 11.4. The van der Waals surface area contributed by atoms with Crippen LogP contribution in [0.3, 0.4) is 0 Å². The molecule has 0 radical (unpaired) electrons. The van der Waals surface area contributed by atoms with E-state index in [-0.39, 0.29) is 12.2 Å². The minimum Gasteiger partial charge on any atom is -0.366 e. The summed E-state index contributed by atoms with van der Waals surface area (Å²) in [6.45, 7) is 8.99. The molecule has 250 valence electrons. The first-order valence-electron chi connectivity index (χ1n) is 18.3. The molecule has 0 saturated carbocycles. The van der Waals surface area contributed by atoms with Crippen LogP contribution in [0, 0.1) is 20.8 Å². The third kappa shape index (κ3) is 5.11. The zero-order valence-electron chi connectivity index (χ0n) is 29.8. The summed E-state index contributed by atoms with van der Waals surface area (Å²) in [5.41, 5.74) is 16.4. The van der Waals surface area contributed by atoms with Crippen molar-refractivity contribution in [2.45, 2.75) is 71.5 Å². The lowest BCUT2D eigenvalue weighted by atomic mass is 9.87. The number of allylic oxidation sites excluding steroid dienone is 4. The predicted molar refractivity (Wildman–Crippen MR) is 214 cm³/mol. The highest BCUT2D eigenvalue weighted by molar-refractivity contribution is 7.12. The van der Waals surface area contributed by atoms with E-state index in [0.29, 0.717) is 5.92 Å². The Labute approximate surface area is 300 Å². The van der Waals surface area contributed by atoms with Gasteiger partial charge in [0.25, 0.3) is 0 Å². The summed E-state index contributed by atoms with van der Waals surface area (Å²) in [4.78, 5) is 5.56. The molecule has 3 nitrogen and oxygen atoms in total. The molecule has 4 heteroatoms. The lowest BCUT2D eigenvalue weighted by Gasteiger charge is -2.44. The van der Waals surface area contributed by atoms with Gasteiger partial charge in [0.1, 0.15) is 6.17 Å². The van der Waals surface area contributed by atoms with Crippen LogP contribution in [-0.2, 0) is 12.8 Å². The van der Waals surface area contributed by atoms with Crippen LogP contribution >= 0.6 is 11.3 Å². The highest BCUT2D eigenvalue weighted by Crippen LogP contribution is 2.44. The molecule has 6 aromatic rings. The smallest absolute Gasteiger partial charge is 0.102 e. The van der Waals surface area contributed by atoms with Gasteiger partial charge >= 0.3 is 0 Å². The number of nitrogens with one attached hydrogen (secondary N) is 1. The molecule has 0 bridgehead atoms. The van der Waals surface area contributed by atoms with E-state index in [1.54, 1.807) is 4.88 Å². The quantitative estimate of drug-likeness (QED) is 0.197.